The third-order valence-corrected chi connectivity index (χ3v) is 5.30. The third-order valence-electron chi connectivity index (χ3n) is 5.02. The second kappa shape index (κ2) is 13.2. The fourth-order valence-electron chi connectivity index (χ4n) is 3.19. The molecule has 2 aromatic rings. The summed E-state index contributed by atoms with van der Waals surface area (Å²) in [6.45, 7) is 11.0. The maximum absolute atomic E-state index is 12.2. The SMILES string of the molecule is CCN(CC)CCCNCc1cc(Cl)c(OCC(=O)Nc2ccc(C)cc2)c(OC)c1. The van der Waals surface area contributed by atoms with Crippen molar-refractivity contribution in [2.24, 2.45) is 0 Å². The molecule has 0 fully saturated rings. The molecule has 0 aromatic heterocycles. The lowest BCUT2D eigenvalue weighted by Crippen LogP contribution is -2.27. The van der Waals surface area contributed by atoms with Crippen LogP contribution in [0, 0.1) is 6.92 Å². The van der Waals surface area contributed by atoms with E-state index in [9.17, 15) is 4.79 Å². The molecule has 0 radical (unpaired) electrons. The predicted molar refractivity (Wildman–Crippen MR) is 127 cm³/mol. The van der Waals surface area contributed by atoms with E-state index in [0.29, 0.717) is 23.1 Å². The number of carbonyl (C=O) groups is 1. The van der Waals surface area contributed by atoms with Gasteiger partial charge in [-0.3, -0.25) is 4.79 Å². The van der Waals surface area contributed by atoms with E-state index in [1.165, 1.54) is 0 Å². The standard InChI is InChI=1S/C24H34ClN3O3/c1-5-28(6-2)13-7-12-26-16-19-14-21(25)24(22(15-19)30-4)31-17-23(29)27-20-10-8-18(3)9-11-20/h8-11,14-15,26H,5-7,12-13,16-17H2,1-4H3,(H,27,29). The molecule has 0 aliphatic heterocycles. The molecule has 0 heterocycles. The monoisotopic (exact) mass is 447 g/mol. The van der Waals surface area contributed by atoms with Crippen LogP contribution >= 0.6 is 11.6 Å². The van der Waals surface area contributed by atoms with E-state index in [1.807, 2.05) is 43.3 Å². The van der Waals surface area contributed by atoms with Crippen LogP contribution in [0.4, 0.5) is 5.69 Å². The first-order chi connectivity index (χ1) is 15.0. The average Bonchev–Trinajstić information content (AvgIpc) is 2.76. The van der Waals surface area contributed by atoms with Gasteiger partial charge in [-0.25, -0.2) is 0 Å². The molecule has 0 saturated heterocycles. The Morgan fingerprint density at radius 3 is 2.48 bits per heavy atom. The first-order valence-corrected chi connectivity index (χ1v) is 11.1. The van der Waals surface area contributed by atoms with Gasteiger partial charge in [-0.2, -0.15) is 0 Å². The smallest absolute Gasteiger partial charge is 0.262 e. The van der Waals surface area contributed by atoms with Crippen molar-refractivity contribution in [1.82, 2.24) is 10.2 Å². The molecule has 0 bridgehead atoms. The normalized spacial score (nSPS) is 10.9. The van der Waals surface area contributed by atoms with E-state index < -0.39 is 0 Å². The fourth-order valence-corrected chi connectivity index (χ4v) is 3.48. The summed E-state index contributed by atoms with van der Waals surface area (Å²) in [5, 5.41) is 6.66. The van der Waals surface area contributed by atoms with Crippen LogP contribution in [0.5, 0.6) is 11.5 Å². The number of ether oxygens (including phenoxy) is 2. The lowest BCUT2D eigenvalue weighted by atomic mass is 10.2. The fraction of sp³-hybridized carbons (Fsp3) is 0.458. The van der Waals surface area contributed by atoms with Gasteiger partial charge in [0.1, 0.15) is 0 Å². The molecule has 0 aliphatic carbocycles. The zero-order valence-electron chi connectivity index (χ0n) is 19.0. The summed E-state index contributed by atoms with van der Waals surface area (Å²) in [6.07, 6.45) is 1.09. The first-order valence-electron chi connectivity index (χ1n) is 10.8. The molecule has 0 saturated carbocycles. The Labute approximate surface area is 190 Å². The highest BCUT2D eigenvalue weighted by Crippen LogP contribution is 2.36. The molecular weight excluding hydrogens is 414 g/mol. The lowest BCUT2D eigenvalue weighted by Gasteiger charge is -2.18. The van der Waals surface area contributed by atoms with Crippen molar-refractivity contribution in [2.75, 3.05) is 45.2 Å². The van der Waals surface area contributed by atoms with Gasteiger partial charge >= 0.3 is 0 Å². The minimum absolute atomic E-state index is 0.160. The number of amides is 1. The van der Waals surface area contributed by atoms with Gasteiger partial charge in [0, 0.05) is 12.2 Å². The molecule has 2 N–H and O–H groups in total. The van der Waals surface area contributed by atoms with E-state index in [0.717, 1.165) is 49.4 Å². The van der Waals surface area contributed by atoms with Crippen molar-refractivity contribution in [3.8, 4) is 11.5 Å². The Morgan fingerprint density at radius 2 is 1.84 bits per heavy atom. The van der Waals surface area contributed by atoms with Crippen LogP contribution in [-0.4, -0.2) is 50.7 Å². The molecule has 2 rings (SSSR count). The molecule has 1 amide bonds. The Hall–Kier alpha value is -2.28. The number of nitrogens with zero attached hydrogens (tertiary/aromatic N) is 1. The summed E-state index contributed by atoms with van der Waals surface area (Å²) in [5.41, 5.74) is 2.85. The van der Waals surface area contributed by atoms with Crippen LogP contribution in [0.15, 0.2) is 36.4 Å². The Morgan fingerprint density at radius 1 is 1.13 bits per heavy atom. The minimum atomic E-state index is -0.263. The van der Waals surface area contributed by atoms with E-state index in [-0.39, 0.29) is 12.5 Å². The van der Waals surface area contributed by atoms with Crippen LogP contribution in [0.1, 0.15) is 31.4 Å². The molecule has 0 atom stereocenters. The zero-order chi connectivity index (χ0) is 22.6. The Balaban J connectivity index is 1.87. The van der Waals surface area contributed by atoms with Crippen molar-refractivity contribution < 1.29 is 14.3 Å². The second-order valence-corrected chi connectivity index (χ2v) is 7.78. The number of hydrogen-bond acceptors (Lipinski definition) is 5. The van der Waals surface area contributed by atoms with Gasteiger partial charge in [0.15, 0.2) is 18.1 Å². The van der Waals surface area contributed by atoms with Crippen LogP contribution in [0.2, 0.25) is 5.02 Å². The van der Waals surface area contributed by atoms with Crippen LogP contribution < -0.4 is 20.1 Å². The van der Waals surface area contributed by atoms with Gasteiger partial charge in [-0.1, -0.05) is 43.1 Å². The van der Waals surface area contributed by atoms with Gasteiger partial charge in [0.2, 0.25) is 0 Å². The Kier molecular flexibility index (Phi) is 10.6. The van der Waals surface area contributed by atoms with Gasteiger partial charge in [0.05, 0.1) is 12.1 Å². The highest BCUT2D eigenvalue weighted by molar-refractivity contribution is 6.32. The molecule has 170 valence electrons. The number of halogens is 1. The molecule has 0 aliphatic rings. The summed E-state index contributed by atoms with van der Waals surface area (Å²) < 4.78 is 11.1. The van der Waals surface area contributed by atoms with Gasteiger partial charge in [-0.05, 0) is 69.4 Å². The summed E-state index contributed by atoms with van der Waals surface area (Å²) in [5.74, 6) is 0.616. The molecule has 31 heavy (non-hydrogen) atoms. The maximum Gasteiger partial charge on any atom is 0.262 e. The molecular formula is C24H34ClN3O3. The number of benzene rings is 2. The number of anilines is 1. The Bertz CT molecular complexity index is 824. The number of hydrogen-bond donors (Lipinski definition) is 2. The maximum atomic E-state index is 12.2. The summed E-state index contributed by atoms with van der Waals surface area (Å²) >= 11 is 6.42. The molecule has 0 unspecified atom stereocenters. The summed E-state index contributed by atoms with van der Waals surface area (Å²) in [7, 11) is 1.56. The van der Waals surface area contributed by atoms with E-state index >= 15 is 0 Å². The van der Waals surface area contributed by atoms with Crippen LogP contribution in [0.25, 0.3) is 0 Å². The number of aryl methyl sites for hydroxylation is 1. The van der Waals surface area contributed by atoms with Gasteiger partial charge < -0.3 is 25.0 Å². The minimum Gasteiger partial charge on any atom is -0.493 e. The summed E-state index contributed by atoms with van der Waals surface area (Å²) in [4.78, 5) is 14.6. The predicted octanol–water partition coefficient (Wildman–Crippen LogP) is 4.50. The molecule has 2 aromatic carbocycles. The molecule has 0 spiro atoms. The zero-order valence-corrected chi connectivity index (χ0v) is 19.7. The molecule has 7 heteroatoms. The first kappa shape index (κ1) is 25.0. The highest BCUT2D eigenvalue weighted by atomic mass is 35.5. The molecule has 6 nitrogen and oxygen atoms in total. The van der Waals surface area contributed by atoms with Crippen molar-refractivity contribution in [2.45, 2.75) is 33.7 Å². The lowest BCUT2D eigenvalue weighted by molar-refractivity contribution is -0.118. The van der Waals surface area contributed by atoms with E-state index in [1.54, 1.807) is 7.11 Å². The largest absolute Gasteiger partial charge is 0.493 e. The average molecular weight is 448 g/mol. The van der Waals surface area contributed by atoms with E-state index in [4.69, 9.17) is 21.1 Å². The van der Waals surface area contributed by atoms with Crippen LogP contribution in [-0.2, 0) is 11.3 Å². The van der Waals surface area contributed by atoms with Crippen molar-refractivity contribution in [3.63, 3.8) is 0 Å². The highest BCUT2D eigenvalue weighted by Gasteiger charge is 2.14. The van der Waals surface area contributed by atoms with Gasteiger partial charge in [0.25, 0.3) is 5.91 Å². The quantitative estimate of drug-likeness (QED) is 0.443. The van der Waals surface area contributed by atoms with Crippen molar-refractivity contribution >= 4 is 23.2 Å². The second-order valence-electron chi connectivity index (χ2n) is 7.37. The number of methoxy groups -OCH3 is 1. The van der Waals surface area contributed by atoms with Crippen LogP contribution in [0.3, 0.4) is 0 Å². The van der Waals surface area contributed by atoms with Crippen molar-refractivity contribution in [3.05, 3.63) is 52.5 Å². The topological polar surface area (TPSA) is 62.8 Å². The summed E-state index contributed by atoms with van der Waals surface area (Å²) in [6, 6.07) is 11.3. The number of carbonyl (C=O) groups excluding carboxylic acids is 1. The number of rotatable bonds is 13. The number of nitrogens with one attached hydrogen (secondary N) is 2. The van der Waals surface area contributed by atoms with Crippen molar-refractivity contribution in [1.29, 1.82) is 0 Å². The third kappa shape index (κ3) is 8.40. The van der Waals surface area contributed by atoms with Gasteiger partial charge in [-0.15, -0.1) is 0 Å². The van der Waals surface area contributed by atoms with E-state index in [2.05, 4.69) is 29.4 Å².